The lowest BCUT2D eigenvalue weighted by Gasteiger charge is -2.36. The first kappa shape index (κ1) is 33.5. The second kappa shape index (κ2) is 13.0. The summed E-state index contributed by atoms with van der Waals surface area (Å²) in [5.74, 6) is 0.525. The van der Waals surface area contributed by atoms with Crippen molar-refractivity contribution in [2.45, 2.75) is 59.2 Å². The van der Waals surface area contributed by atoms with Gasteiger partial charge in [0.15, 0.2) is 17.7 Å². The second-order valence-electron chi connectivity index (χ2n) is 14.1. The van der Waals surface area contributed by atoms with E-state index in [1.165, 1.54) is 6.07 Å². The third-order valence-corrected chi connectivity index (χ3v) is 9.68. The molecule has 0 aliphatic carbocycles. The van der Waals surface area contributed by atoms with E-state index >= 15 is 4.39 Å². The summed E-state index contributed by atoms with van der Waals surface area (Å²) in [6.45, 7) is 13.0. The number of carboxylic acids is 1. The number of carboxylic acid groups (broad SMARTS) is 1. The number of aromatic nitrogens is 4. The number of hydrogen-bond donors (Lipinski definition) is 1. The largest absolute Gasteiger partial charge is 0.490 e. The zero-order chi connectivity index (χ0) is 35.3. The summed E-state index contributed by atoms with van der Waals surface area (Å²) < 4.78 is 29.8. The molecule has 2 aliphatic heterocycles. The van der Waals surface area contributed by atoms with Crippen molar-refractivity contribution in [3.05, 3.63) is 83.1 Å². The maximum absolute atomic E-state index is 15.8. The highest BCUT2D eigenvalue weighted by atomic mass is 19.1. The van der Waals surface area contributed by atoms with Crippen LogP contribution >= 0.6 is 0 Å². The van der Waals surface area contributed by atoms with Gasteiger partial charge in [-0.15, -0.1) is 0 Å². The molecule has 10 nitrogen and oxygen atoms in total. The Kier molecular flexibility index (Phi) is 8.71. The zero-order valence-corrected chi connectivity index (χ0v) is 29.5. The molecule has 260 valence electrons. The van der Waals surface area contributed by atoms with Crippen molar-refractivity contribution >= 4 is 28.6 Å². The molecule has 1 saturated heterocycles. The number of rotatable bonds is 7. The molecule has 6 heterocycles. The van der Waals surface area contributed by atoms with Crippen LogP contribution in [0.25, 0.3) is 33.4 Å². The number of pyridine rings is 3. The van der Waals surface area contributed by atoms with Gasteiger partial charge in [0.2, 0.25) is 0 Å². The number of fused-ring (bicyclic) bond motifs is 2. The predicted molar refractivity (Wildman–Crippen MR) is 193 cm³/mol. The molecule has 1 unspecified atom stereocenters. The molecule has 0 spiro atoms. The molecule has 5 aromatic rings. The molecule has 7 rings (SSSR count). The third-order valence-electron chi connectivity index (χ3n) is 9.68. The number of carbonyl (C=O) groups is 1. The van der Waals surface area contributed by atoms with Gasteiger partial charge in [0.25, 0.3) is 0 Å². The fourth-order valence-electron chi connectivity index (χ4n) is 7.31. The topological polar surface area (TPSA) is 106 Å². The number of ether oxygens (including phenoxy) is 2. The van der Waals surface area contributed by atoms with Gasteiger partial charge in [-0.25, -0.2) is 24.1 Å². The summed E-state index contributed by atoms with van der Waals surface area (Å²) in [6, 6.07) is 13.5. The van der Waals surface area contributed by atoms with Gasteiger partial charge in [-0.3, -0.25) is 0 Å². The molecule has 1 fully saturated rings. The molecule has 50 heavy (non-hydrogen) atoms. The minimum absolute atomic E-state index is 0.278. The van der Waals surface area contributed by atoms with Crippen LogP contribution in [0.4, 0.5) is 16.0 Å². The van der Waals surface area contributed by atoms with Crippen molar-refractivity contribution in [2.24, 2.45) is 7.05 Å². The van der Waals surface area contributed by atoms with E-state index < -0.39 is 23.5 Å². The van der Waals surface area contributed by atoms with Gasteiger partial charge in [0, 0.05) is 79.0 Å². The summed E-state index contributed by atoms with van der Waals surface area (Å²) in [5, 5.41) is 11.3. The van der Waals surface area contributed by atoms with Crippen molar-refractivity contribution in [1.29, 1.82) is 0 Å². The molecule has 1 atom stereocenters. The fraction of sp³-hybridized carbons (Fsp3) is 0.385. The van der Waals surface area contributed by atoms with Gasteiger partial charge in [-0.2, -0.15) is 0 Å². The van der Waals surface area contributed by atoms with Crippen LogP contribution in [-0.2, 0) is 23.0 Å². The third kappa shape index (κ3) is 6.15. The van der Waals surface area contributed by atoms with E-state index in [0.717, 1.165) is 66.6 Å². The minimum Gasteiger partial charge on any atom is -0.490 e. The highest BCUT2D eigenvalue weighted by Crippen LogP contribution is 2.45. The summed E-state index contributed by atoms with van der Waals surface area (Å²) >= 11 is 0. The van der Waals surface area contributed by atoms with E-state index in [2.05, 4.69) is 20.9 Å². The van der Waals surface area contributed by atoms with Crippen LogP contribution in [-0.4, -0.2) is 69.0 Å². The van der Waals surface area contributed by atoms with Crippen LogP contribution in [0.2, 0.25) is 0 Å². The Bertz CT molecular complexity index is 2080. The van der Waals surface area contributed by atoms with E-state index in [-0.39, 0.29) is 5.75 Å². The van der Waals surface area contributed by atoms with Crippen molar-refractivity contribution in [1.82, 2.24) is 19.5 Å². The lowest BCUT2D eigenvalue weighted by molar-refractivity contribution is -0.160. The Morgan fingerprint density at radius 3 is 2.40 bits per heavy atom. The van der Waals surface area contributed by atoms with Gasteiger partial charge in [0.1, 0.15) is 17.3 Å². The van der Waals surface area contributed by atoms with Gasteiger partial charge in [-0.05, 0) is 95.0 Å². The van der Waals surface area contributed by atoms with E-state index in [9.17, 15) is 9.90 Å². The standard InChI is InChI=1S/C39H43FN6O4/c1-23-26-10-9-19-49-35(26)29(40)21-27(23)34-28-22-30(44(6)37(28)43-24(2)33(34)36(38(47)48)50-39(3,4)5)25-12-14-42-32(20-25)46-17-15-45(16-18-46)31-11-7-8-13-41-31/h7-8,11-14,20-22,36H,9-10,15-19H2,1-6H3,(H,47,48). The maximum Gasteiger partial charge on any atom is 0.337 e. The number of anilines is 2. The van der Waals surface area contributed by atoms with Crippen LogP contribution in [0.15, 0.2) is 54.9 Å². The van der Waals surface area contributed by atoms with Crippen LogP contribution in [0.1, 0.15) is 55.7 Å². The van der Waals surface area contributed by atoms with Crippen LogP contribution in [0.5, 0.6) is 5.75 Å². The molecular formula is C39H43FN6O4. The Balaban J connectivity index is 1.37. The first-order valence-electron chi connectivity index (χ1n) is 17.1. The summed E-state index contributed by atoms with van der Waals surface area (Å²) in [6.07, 6.45) is 3.75. The number of nitrogens with zero attached hydrogens (tertiary/aromatic N) is 6. The number of piperazine rings is 1. The van der Waals surface area contributed by atoms with Crippen LogP contribution < -0.4 is 14.5 Å². The van der Waals surface area contributed by atoms with E-state index in [1.807, 2.05) is 82.0 Å². The molecule has 0 radical (unpaired) electrons. The molecule has 0 saturated carbocycles. The quantitative estimate of drug-likeness (QED) is 0.194. The smallest absolute Gasteiger partial charge is 0.337 e. The molecule has 0 bridgehead atoms. The first-order chi connectivity index (χ1) is 23.9. The van der Waals surface area contributed by atoms with Gasteiger partial charge in [-0.1, -0.05) is 6.07 Å². The van der Waals surface area contributed by atoms with E-state index in [1.54, 1.807) is 6.92 Å². The SMILES string of the molecule is Cc1nc2c(cc(-c3ccnc(N4CCN(c5ccccn5)CC4)c3)n2C)c(-c2cc(F)c3c(c2C)CCCO3)c1C(OC(C)(C)C)C(=O)O. The zero-order valence-electron chi connectivity index (χ0n) is 29.5. The molecule has 11 heteroatoms. The summed E-state index contributed by atoms with van der Waals surface area (Å²) in [5.41, 5.74) is 5.51. The number of hydrogen-bond acceptors (Lipinski definition) is 8. The Morgan fingerprint density at radius 1 is 1.00 bits per heavy atom. The molecule has 0 amide bonds. The molecule has 1 N–H and O–H groups in total. The molecule has 2 aliphatic rings. The maximum atomic E-state index is 15.8. The lowest BCUT2D eigenvalue weighted by atomic mass is 9.86. The van der Waals surface area contributed by atoms with Crippen molar-refractivity contribution in [3.63, 3.8) is 0 Å². The minimum atomic E-state index is -1.34. The first-order valence-corrected chi connectivity index (χ1v) is 17.1. The van der Waals surface area contributed by atoms with Gasteiger partial charge >= 0.3 is 5.97 Å². The Hall–Kier alpha value is -5.03. The Labute approximate surface area is 291 Å². The van der Waals surface area contributed by atoms with Gasteiger partial charge in [0.05, 0.1) is 17.9 Å². The normalized spacial score (nSPS) is 15.6. The fourth-order valence-corrected chi connectivity index (χ4v) is 7.31. The number of halogens is 1. The number of benzene rings is 1. The van der Waals surface area contributed by atoms with Crippen molar-refractivity contribution in [2.75, 3.05) is 42.6 Å². The van der Waals surface area contributed by atoms with Crippen molar-refractivity contribution in [3.8, 4) is 28.1 Å². The average molecular weight is 679 g/mol. The predicted octanol–water partition coefficient (Wildman–Crippen LogP) is 7.05. The highest BCUT2D eigenvalue weighted by molar-refractivity contribution is 6.01. The Morgan fingerprint density at radius 2 is 1.72 bits per heavy atom. The summed E-state index contributed by atoms with van der Waals surface area (Å²) in [4.78, 5) is 31.7. The monoisotopic (exact) mass is 678 g/mol. The molecule has 1 aromatic carbocycles. The van der Waals surface area contributed by atoms with Crippen LogP contribution in [0, 0.1) is 19.7 Å². The second-order valence-corrected chi connectivity index (χ2v) is 14.1. The summed E-state index contributed by atoms with van der Waals surface area (Å²) in [7, 11) is 1.95. The number of aryl methyl sites for hydroxylation is 2. The van der Waals surface area contributed by atoms with Crippen LogP contribution in [0.3, 0.4) is 0 Å². The van der Waals surface area contributed by atoms with E-state index in [0.29, 0.717) is 46.4 Å². The number of aliphatic carboxylic acids is 1. The van der Waals surface area contributed by atoms with E-state index in [4.69, 9.17) is 19.4 Å². The van der Waals surface area contributed by atoms with Crippen molar-refractivity contribution < 1.29 is 23.8 Å². The molecule has 4 aromatic heterocycles. The average Bonchev–Trinajstić information content (AvgIpc) is 3.43. The highest BCUT2D eigenvalue weighted by Gasteiger charge is 2.34. The molecular weight excluding hydrogens is 635 g/mol. The van der Waals surface area contributed by atoms with Gasteiger partial charge < -0.3 is 28.9 Å². The lowest BCUT2D eigenvalue weighted by Crippen LogP contribution is -2.47.